The van der Waals surface area contributed by atoms with Crippen LogP contribution in [0.2, 0.25) is 0 Å². The Bertz CT molecular complexity index is 66.8. The maximum Gasteiger partial charge on any atom is 0.00170 e. The van der Waals surface area contributed by atoms with E-state index in [-0.39, 0.29) is 0 Å². The van der Waals surface area contributed by atoms with Gasteiger partial charge in [0.15, 0.2) is 0 Å². The molecule has 0 saturated heterocycles. The van der Waals surface area contributed by atoms with E-state index in [0.717, 1.165) is 6.42 Å². The van der Waals surface area contributed by atoms with Crippen molar-refractivity contribution in [3.8, 4) is 0 Å². The predicted octanol–water partition coefficient (Wildman–Crippen LogP) is 2.52. The first-order valence-electron chi connectivity index (χ1n) is 2.97. The van der Waals surface area contributed by atoms with Gasteiger partial charge in [-0.2, -0.15) is 12.6 Å². The molecular weight excluding hydrogens is 116 g/mol. The van der Waals surface area contributed by atoms with Gasteiger partial charge in [-0.05, 0) is 12.3 Å². The highest BCUT2D eigenvalue weighted by atomic mass is 32.1. The third-order valence-corrected chi connectivity index (χ3v) is 1.87. The number of allylic oxidation sites excluding steroid dienone is 1. The summed E-state index contributed by atoms with van der Waals surface area (Å²) in [4.78, 5) is 0. The van der Waals surface area contributed by atoms with Crippen molar-refractivity contribution in [1.29, 1.82) is 0 Å². The van der Waals surface area contributed by atoms with Crippen molar-refractivity contribution in [3.05, 3.63) is 12.7 Å². The Morgan fingerprint density at radius 1 is 1.62 bits per heavy atom. The summed E-state index contributed by atoms with van der Waals surface area (Å²) in [5, 5.41) is 0.494. The van der Waals surface area contributed by atoms with Gasteiger partial charge in [0.1, 0.15) is 0 Å². The second-order valence-electron chi connectivity index (χ2n) is 2.24. The Morgan fingerprint density at radius 3 is 2.25 bits per heavy atom. The summed E-state index contributed by atoms with van der Waals surface area (Å²) in [6, 6.07) is 0. The number of thiol groups is 1. The highest BCUT2D eigenvalue weighted by Gasteiger charge is 2.03. The van der Waals surface area contributed by atoms with Crippen molar-refractivity contribution in [2.24, 2.45) is 5.92 Å². The molecule has 0 amide bonds. The third kappa shape index (κ3) is 3.14. The van der Waals surface area contributed by atoms with Crippen molar-refractivity contribution in [1.82, 2.24) is 0 Å². The Kier molecular flexibility index (Phi) is 4.06. The fourth-order valence-corrected chi connectivity index (χ4v) is 0.582. The van der Waals surface area contributed by atoms with Crippen molar-refractivity contribution in [2.45, 2.75) is 25.5 Å². The lowest BCUT2D eigenvalue weighted by Crippen LogP contribution is -2.04. The molecule has 0 aliphatic heterocycles. The van der Waals surface area contributed by atoms with E-state index in [1.807, 2.05) is 6.08 Å². The number of hydrogen-bond donors (Lipinski definition) is 1. The van der Waals surface area contributed by atoms with E-state index in [1.165, 1.54) is 0 Å². The van der Waals surface area contributed by atoms with Gasteiger partial charge in [-0.25, -0.2) is 0 Å². The molecule has 0 fully saturated rings. The molecule has 0 aromatic rings. The molecule has 0 aliphatic carbocycles. The van der Waals surface area contributed by atoms with E-state index in [4.69, 9.17) is 0 Å². The van der Waals surface area contributed by atoms with Gasteiger partial charge in [0.05, 0.1) is 0 Å². The van der Waals surface area contributed by atoms with E-state index in [2.05, 4.69) is 33.1 Å². The Balaban J connectivity index is 3.30. The molecule has 0 bridgehead atoms. The largest absolute Gasteiger partial charge is 0.176 e. The molecule has 0 radical (unpaired) electrons. The van der Waals surface area contributed by atoms with E-state index in [9.17, 15) is 0 Å². The van der Waals surface area contributed by atoms with E-state index >= 15 is 0 Å². The van der Waals surface area contributed by atoms with E-state index in [0.29, 0.717) is 11.2 Å². The summed E-state index contributed by atoms with van der Waals surface area (Å²) in [6.45, 7) is 7.94. The van der Waals surface area contributed by atoms with Gasteiger partial charge in [0.25, 0.3) is 0 Å². The van der Waals surface area contributed by atoms with Crippen molar-refractivity contribution in [3.63, 3.8) is 0 Å². The van der Waals surface area contributed by atoms with E-state index < -0.39 is 0 Å². The zero-order valence-electron chi connectivity index (χ0n) is 5.59. The lowest BCUT2D eigenvalue weighted by molar-refractivity contribution is 0.590. The van der Waals surface area contributed by atoms with Gasteiger partial charge in [-0.3, -0.25) is 0 Å². The molecule has 0 aromatic carbocycles. The van der Waals surface area contributed by atoms with Crippen LogP contribution in [0.1, 0.15) is 20.3 Å². The molecule has 0 heterocycles. The highest BCUT2D eigenvalue weighted by Crippen LogP contribution is 2.12. The van der Waals surface area contributed by atoms with Crippen molar-refractivity contribution >= 4 is 12.6 Å². The van der Waals surface area contributed by atoms with Crippen LogP contribution in [-0.2, 0) is 0 Å². The van der Waals surface area contributed by atoms with Crippen LogP contribution in [0.4, 0.5) is 0 Å². The average Bonchev–Trinajstić information content (AvgIpc) is 1.67. The lowest BCUT2D eigenvalue weighted by atomic mass is 10.1. The maximum atomic E-state index is 4.28. The molecule has 2 atom stereocenters. The number of rotatable bonds is 3. The van der Waals surface area contributed by atoms with Crippen LogP contribution in [-0.4, -0.2) is 5.25 Å². The zero-order chi connectivity index (χ0) is 6.57. The van der Waals surface area contributed by atoms with Crippen LogP contribution in [0.15, 0.2) is 12.7 Å². The van der Waals surface area contributed by atoms with Crippen LogP contribution in [0, 0.1) is 5.92 Å². The first-order chi connectivity index (χ1) is 3.68. The zero-order valence-corrected chi connectivity index (χ0v) is 6.49. The van der Waals surface area contributed by atoms with Gasteiger partial charge >= 0.3 is 0 Å². The molecule has 0 aliphatic rings. The fraction of sp³-hybridized carbons (Fsp3) is 0.714. The van der Waals surface area contributed by atoms with Crippen LogP contribution in [0.25, 0.3) is 0 Å². The molecule has 0 spiro atoms. The molecule has 1 heteroatoms. The van der Waals surface area contributed by atoms with Gasteiger partial charge in [-0.15, -0.1) is 6.58 Å². The summed E-state index contributed by atoms with van der Waals surface area (Å²) in [6.07, 6.45) is 3.02. The smallest absolute Gasteiger partial charge is 0.00170 e. The molecule has 0 rings (SSSR count). The molecule has 0 unspecified atom stereocenters. The Labute approximate surface area is 57.4 Å². The minimum Gasteiger partial charge on any atom is -0.176 e. The molecule has 0 aromatic heterocycles. The third-order valence-electron chi connectivity index (χ3n) is 1.36. The van der Waals surface area contributed by atoms with Crippen molar-refractivity contribution in [2.75, 3.05) is 0 Å². The minimum atomic E-state index is 0.494. The topological polar surface area (TPSA) is 0 Å². The molecular formula is C7H14S. The average molecular weight is 130 g/mol. The molecule has 0 nitrogen and oxygen atoms in total. The Morgan fingerprint density at radius 2 is 2.12 bits per heavy atom. The Hall–Kier alpha value is 0.0900. The van der Waals surface area contributed by atoms with Crippen LogP contribution >= 0.6 is 12.6 Å². The first-order valence-corrected chi connectivity index (χ1v) is 3.49. The molecule has 8 heavy (non-hydrogen) atoms. The summed E-state index contributed by atoms with van der Waals surface area (Å²) in [7, 11) is 0. The van der Waals surface area contributed by atoms with Crippen LogP contribution < -0.4 is 0 Å². The minimum absolute atomic E-state index is 0.494. The second-order valence-corrected chi connectivity index (χ2v) is 3.06. The summed E-state index contributed by atoms with van der Waals surface area (Å²) < 4.78 is 0. The molecule has 48 valence electrons. The second kappa shape index (κ2) is 4.02. The monoisotopic (exact) mass is 130 g/mol. The van der Waals surface area contributed by atoms with Gasteiger partial charge in [-0.1, -0.05) is 19.9 Å². The predicted molar refractivity (Wildman–Crippen MR) is 42.4 cm³/mol. The molecule has 0 N–H and O–H groups in total. The first kappa shape index (κ1) is 8.09. The standard InChI is InChI=1S/C7H14S/c1-4-5-6(2)7(3)8/h4,6-8H,1,5H2,2-3H3/t6-,7+/m0/s1. The van der Waals surface area contributed by atoms with E-state index in [1.54, 1.807) is 0 Å². The number of hydrogen-bond acceptors (Lipinski definition) is 1. The lowest BCUT2D eigenvalue weighted by Gasteiger charge is -2.10. The highest BCUT2D eigenvalue weighted by molar-refractivity contribution is 7.80. The summed E-state index contributed by atoms with van der Waals surface area (Å²) in [5.41, 5.74) is 0. The molecule has 0 saturated carbocycles. The summed E-state index contributed by atoms with van der Waals surface area (Å²) >= 11 is 4.28. The quantitative estimate of drug-likeness (QED) is 0.440. The maximum absolute atomic E-state index is 4.28. The normalized spacial score (nSPS) is 17.4. The van der Waals surface area contributed by atoms with Gasteiger partial charge < -0.3 is 0 Å². The van der Waals surface area contributed by atoms with Crippen LogP contribution in [0.3, 0.4) is 0 Å². The fourth-order valence-electron chi connectivity index (χ4n) is 0.460. The van der Waals surface area contributed by atoms with Crippen molar-refractivity contribution < 1.29 is 0 Å². The van der Waals surface area contributed by atoms with Gasteiger partial charge in [0, 0.05) is 5.25 Å². The van der Waals surface area contributed by atoms with Crippen LogP contribution in [0.5, 0.6) is 0 Å². The summed E-state index contributed by atoms with van der Waals surface area (Å²) in [5.74, 6) is 0.663. The SMILES string of the molecule is C=CC[C@H](C)[C@@H](C)S. The van der Waals surface area contributed by atoms with Gasteiger partial charge in [0.2, 0.25) is 0 Å².